The lowest BCUT2D eigenvalue weighted by molar-refractivity contribution is -0.218. The molecule has 2 fully saturated rings. The number of methoxy groups -OCH3 is 1. The summed E-state index contributed by atoms with van der Waals surface area (Å²) in [6.45, 7) is 10.7. The minimum Gasteiger partial charge on any atom is -0.469 e. The van der Waals surface area contributed by atoms with Crippen LogP contribution in [0.1, 0.15) is 50.2 Å². The lowest BCUT2D eigenvalue weighted by Crippen LogP contribution is -2.57. The summed E-state index contributed by atoms with van der Waals surface area (Å²) in [4.78, 5) is 33.1. The Morgan fingerprint density at radius 2 is 1.93 bits per heavy atom. The third-order valence-electron chi connectivity index (χ3n) is 6.24. The van der Waals surface area contributed by atoms with Gasteiger partial charge in [0.15, 0.2) is 0 Å². The Morgan fingerprint density at radius 3 is 2.48 bits per heavy atom. The molecule has 158 valence electrons. The summed E-state index contributed by atoms with van der Waals surface area (Å²) < 4.78 is 5.01. The first kappa shape index (κ1) is 21.5. The molecule has 1 unspecified atom stereocenters. The van der Waals surface area contributed by atoms with Crippen LogP contribution >= 0.6 is 0 Å². The molecular formula is C23H32N2O4. The number of hydrogen-bond donors (Lipinski definition) is 0. The van der Waals surface area contributed by atoms with Crippen molar-refractivity contribution in [2.24, 2.45) is 5.92 Å². The summed E-state index contributed by atoms with van der Waals surface area (Å²) in [6.07, 6.45) is 3.11. The number of nitrogens with zero attached hydrogens (tertiary/aromatic N) is 2. The van der Waals surface area contributed by atoms with Gasteiger partial charge in [-0.05, 0) is 29.9 Å². The maximum Gasteiger partial charge on any atom is 0.311 e. The molecule has 1 amide bonds. The molecule has 1 spiro atoms. The van der Waals surface area contributed by atoms with Gasteiger partial charge in [-0.1, -0.05) is 44.2 Å². The molecule has 3 rings (SSSR count). The Kier molecular flexibility index (Phi) is 6.75. The molecule has 0 aliphatic carbocycles. The van der Waals surface area contributed by atoms with Gasteiger partial charge in [-0.25, -0.2) is 5.06 Å². The maximum atomic E-state index is 12.6. The second-order valence-corrected chi connectivity index (χ2v) is 8.33. The third kappa shape index (κ3) is 4.38. The van der Waals surface area contributed by atoms with Gasteiger partial charge in [0, 0.05) is 26.1 Å². The fraction of sp³-hybridized carbons (Fsp3) is 0.565. The van der Waals surface area contributed by atoms with E-state index in [-0.39, 0.29) is 24.9 Å². The smallest absolute Gasteiger partial charge is 0.311 e. The second kappa shape index (κ2) is 9.09. The van der Waals surface area contributed by atoms with Crippen molar-refractivity contribution in [1.82, 2.24) is 9.96 Å². The molecule has 6 heteroatoms. The average Bonchev–Trinajstić information content (AvgIpc) is 2.99. The van der Waals surface area contributed by atoms with E-state index in [9.17, 15) is 9.59 Å². The highest BCUT2D eigenvalue weighted by molar-refractivity contribution is 5.88. The van der Waals surface area contributed by atoms with Gasteiger partial charge in [0.1, 0.15) is 0 Å². The predicted molar refractivity (Wildman–Crippen MR) is 111 cm³/mol. The van der Waals surface area contributed by atoms with Crippen LogP contribution in [0.5, 0.6) is 0 Å². The van der Waals surface area contributed by atoms with Gasteiger partial charge in [-0.2, -0.15) is 0 Å². The largest absolute Gasteiger partial charge is 0.469 e. The molecule has 0 saturated carbocycles. The van der Waals surface area contributed by atoms with E-state index in [1.165, 1.54) is 23.3 Å². The van der Waals surface area contributed by atoms with Crippen LogP contribution in [0.15, 0.2) is 36.9 Å². The van der Waals surface area contributed by atoms with Crippen LogP contribution in [0, 0.1) is 5.92 Å². The second-order valence-electron chi connectivity index (χ2n) is 8.33. The molecule has 29 heavy (non-hydrogen) atoms. The van der Waals surface area contributed by atoms with E-state index in [2.05, 4.69) is 49.6 Å². The summed E-state index contributed by atoms with van der Waals surface area (Å²) in [5, 5.41) is 1.45. The molecule has 1 aromatic rings. The first-order chi connectivity index (χ1) is 13.9. The molecule has 1 atom stereocenters. The van der Waals surface area contributed by atoms with Crippen LogP contribution in [0.3, 0.4) is 0 Å². The number of piperidine rings is 1. The van der Waals surface area contributed by atoms with Crippen LogP contribution in [0.25, 0.3) is 0 Å². The molecule has 2 aliphatic heterocycles. The van der Waals surface area contributed by atoms with E-state index in [4.69, 9.17) is 9.57 Å². The van der Waals surface area contributed by atoms with Crippen molar-refractivity contribution in [3.05, 3.63) is 48.0 Å². The number of likely N-dealkylation sites (tertiary alicyclic amines) is 1. The monoisotopic (exact) mass is 400 g/mol. The van der Waals surface area contributed by atoms with Gasteiger partial charge in [-0.3, -0.25) is 19.3 Å². The number of benzene rings is 1. The highest BCUT2D eigenvalue weighted by atomic mass is 16.7. The van der Waals surface area contributed by atoms with Gasteiger partial charge < -0.3 is 4.74 Å². The zero-order valence-corrected chi connectivity index (χ0v) is 17.7. The van der Waals surface area contributed by atoms with E-state index in [0.717, 1.165) is 19.6 Å². The standard InChI is InChI=1S/C23H32N2O4/c1-5-14-29-25-21(26)15-20(22(27)28-4)23(25)10-12-24(13-11-23)16-18-6-8-19(9-7-18)17(2)3/h5-9,17,20H,1,10-16H2,2-4H3. The normalized spacial score (nSPS) is 21.7. The lowest BCUT2D eigenvalue weighted by Gasteiger charge is -2.45. The number of esters is 1. The number of amides is 1. The summed E-state index contributed by atoms with van der Waals surface area (Å²) in [5.41, 5.74) is 1.98. The SMILES string of the molecule is C=CCON1C(=O)CC(C(=O)OC)C12CCN(Cc1ccc(C(C)C)cc1)CC2. The van der Waals surface area contributed by atoms with E-state index >= 15 is 0 Å². The Morgan fingerprint density at radius 1 is 1.28 bits per heavy atom. The third-order valence-corrected chi connectivity index (χ3v) is 6.24. The van der Waals surface area contributed by atoms with Crippen LogP contribution in [0.2, 0.25) is 0 Å². The van der Waals surface area contributed by atoms with Crippen LogP contribution in [-0.4, -0.2) is 54.2 Å². The Bertz CT molecular complexity index is 736. The molecule has 0 radical (unpaired) electrons. The molecule has 1 aromatic carbocycles. The van der Waals surface area contributed by atoms with Gasteiger partial charge in [0.2, 0.25) is 5.91 Å². The highest BCUT2D eigenvalue weighted by Gasteiger charge is 2.58. The van der Waals surface area contributed by atoms with Crippen LogP contribution in [-0.2, 0) is 25.7 Å². The van der Waals surface area contributed by atoms with E-state index in [1.807, 2.05) is 0 Å². The van der Waals surface area contributed by atoms with E-state index in [1.54, 1.807) is 6.08 Å². The number of rotatable bonds is 7. The van der Waals surface area contributed by atoms with Crippen molar-refractivity contribution in [1.29, 1.82) is 0 Å². The predicted octanol–water partition coefficient (Wildman–Crippen LogP) is 3.28. The Hall–Kier alpha value is -2.18. The van der Waals surface area contributed by atoms with Gasteiger partial charge in [0.05, 0.1) is 25.2 Å². The Balaban J connectivity index is 1.71. The average molecular weight is 401 g/mol. The molecule has 0 N–H and O–H groups in total. The van der Waals surface area contributed by atoms with E-state index < -0.39 is 11.5 Å². The summed E-state index contributed by atoms with van der Waals surface area (Å²) in [6, 6.07) is 8.77. The fourth-order valence-corrected chi connectivity index (χ4v) is 4.53. The van der Waals surface area contributed by atoms with Gasteiger partial charge in [-0.15, -0.1) is 6.58 Å². The molecule has 0 bridgehead atoms. The zero-order valence-electron chi connectivity index (χ0n) is 17.7. The molecule has 2 heterocycles. The van der Waals surface area contributed by atoms with Gasteiger partial charge >= 0.3 is 5.97 Å². The van der Waals surface area contributed by atoms with Crippen LogP contribution < -0.4 is 0 Å². The van der Waals surface area contributed by atoms with Crippen molar-refractivity contribution in [3.8, 4) is 0 Å². The molecule has 2 saturated heterocycles. The van der Waals surface area contributed by atoms with Crippen molar-refractivity contribution in [2.45, 2.75) is 51.1 Å². The zero-order chi connectivity index (χ0) is 21.0. The summed E-state index contributed by atoms with van der Waals surface area (Å²) in [7, 11) is 1.38. The quantitative estimate of drug-likeness (QED) is 0.519. The van der Waals surface area contributed by atoms with Crippen molar-refractivity contribution >= 4 is 11.9 Å². The van der Waals surface area contributed by atoms with Crippen LogP contribution in [0.4, 0.5) is 0 Å². The van der Waals surface area contributed by atoms with Crippen molar-refractivity contribution < 1.29 is 19.2 Å². The first-order valence-electron chi connectivity index (χ1n) is 10.4. The highest BCUT2D eigenvalue weighted by Crippen LogP contribution is 2.44. The maximum absolute atomic E-state index is 12.6. The number of hydrogen-bond acceptors (Lipinski definition) is 5. The minimum atomic E-state index is -0.634. The van der Waals surface area contributed by atoms with Gasteiger partial charge in [0.25, 0.3) is 0 Å². The molecule has 6 nitrogen and oxygen atoms in total. The fourth-order valence-electron chi connectivity index (χ4n) is 4.53. The first-order valence-corrected chi connectivity index (χ1v) is 10.4. The molecular weight excluding hydrogens is 368 g/mol. The number of hydroxylamine groups is 2. The van der Waals surface area contributed by atoms with E-state index in [0.29, 0.717) is 18.8 Å². The summed E-state index contributed by atoms with van der Waals surface area (Å²) in [5.74, 6) is -0.450. The minimum absolute atomic E-state index is 0.139. The topological polar surface area (TPSA) is 59.1 Å². The van der Waals surface area contributed by atoms with Crippen molar-refractivity contribution in [2.75, 3.05) is 26.8 Å². The summed E-state index contributed by atoms with van der Waals surface area (Å²) >= 11 is 0. The Labute approximate surface area is 173 Å². The number of carbonyl (C=O) groups is 2. The lowest BCUT2D eigenvalue weighted by atomic mass is 9.77. The number of ether oxygens (including phenoxy) is 1. The molecule has 2 aliphatic rings. The number of carbonyl (C=O) groups excluding carboxylic acids is 2. The molecule has 0 aromatic heterocycles. The van der Waals surface area contributed by atoms with Crippen molar-refractivity contribution in [3.63, 3.8) is 0 Å².